The summed E-state index contributed by atoms with van der Waals surface area (Å²) in [5.74, 6) is 0.131. The largest absolute Gasteiger partial charge is 0.488 e. The summed E-state index contributed by atoms with van der Waals surface area (Å²) in [6.07, 6.45) is 0.205. The summed E-state index contributed by atoms with van der Waals surface area (Å²) >= 11 is 0. The number of nitriles is 2. The first-order chi connectivity index (χ1) is 26.2. The van der Waals surface area contributed by atoms with Crippen molar-refractivity contribution in [2.24, 2.45) is 0 Å². The number of ether oxygens (including phenoxy) is 2. The first kappa shape index (κ1) is 41.4. The maximum absolute atomic E-state index is 14.1. The summed E-state index contributed by atoms with van der Waals surface area (Å²) in [5, 5.41) is 19.4. The van der Waals surface area contributed by atoms with Gasteiger partial charge in [-0.15, -0.1) is 0 Å². The van der Waals surface area contributed by atoms with Crippen molar-refractivity contribution in [1.82, 2.24) is 12.9 Å². The maximum Gasteiger partial charge on any atom is 0.243 e. The normalized spacial score (nSPS) is 16.4. The predicted molar refractivity (Wildman–Crippen MR) is 206 cm³/mol. The van der Waals surface area contributed by atoms with Gasteiger partial charge in [-0.25, -0.2) is 25.3 Å². The van der Waals surface area contributed by atoms with Crippen molar-refractivity contribution in [2.45, 2.75) is 48.3 Å². The van der Waals surface area contributed by atoms with Gasteiger partial charge in [0.1, 0.15) is 25.4 Å². The van der Waals surface area contributed by atoms with E-state index in [9.17, 15) is 35.8 Å². The fraction of sp³-hybridized carbons (Fsp3) is 0.333. The molecular formula is C39H43N5O8S3. The summed E-state index contributed by atoms with van der Waals surface area (Å²) in [6, 6.07) is 25.7. The van der Waals surface area contributed by atoms with E-state index in [4.69, 9.17) is 9.47 Å². The zero-order valence-electron chi connectivity index (χ0n) is 30.9. The van der Waals surface area contributed by atoms with Gasteiger partial charge in [-0.3, -0.25) is 0 Å². The van der Waals surface area contributed by atoms with Crippen LogP contribution in [0.1, 0.15) is 40.7 Å². The average molecular weight is 806 g/mol. The summed E-state index contributed by atoms with van der Waals surface area (Å²) in [5.41, 5.74) is 2.64. The SMILES string of the molecule is Cc1ccc(S(=O)(=O)N2CCCN(S(=O)(=O)c3ccc(C)cc3)CCOc3cc(C#N)c(C#N)cc3OCCN(S(=O)(=O)c3ccc(C)cc3)CCC2)cc1. The highest BCUT2D eigenvalue weighted by Crippen LogP contribution is 2.32. The molecule has 1 aliphatic rings. The van der Waals surface area contributed by atoms with E-state index in [0.717, 1.165) is 16.7 Å². The Morgan fingerprint density at radius 3 is 1.02 bits per heavy atom. The van der Waals surface area contributed by atoms with E-state index in [1.807, 2.05) is 32.9 Å². The van der Waals surface area contributed by atoms with Crippen LogP contribution < -0.4 is 9.47 Å². The third kappa shape index (κ3) is 9.90. The van der Waals surface area contributed by atoms with E-state index in [-0.39, 0.29) is 103 Å². The number of benzene rings is 4. The van der Waals surface area contributed by atoms with Crippen LogP contribution in [0.15, 0.2) is 99.6 Å². The zero-order chi connectivity index (χ0) is 39.8. The lowest BCUT2D eigenvalue weighted by Crippen LogP contribution is -2.40. The number of hydrogen-bond acceptors (Lipinski definition) is 10. The number of rotatable bonds is 6. The molecule has 16 heteroatoms. The second kappa shape index (κ2) is 17.8. The molecule has 5 rings (SSSR count). The zero-order valence-corrected chi connectivity index (χ0v) is 33.3. The van der Waals surface area contributed by atoms with Crippen LogP contribution in [-0.2, 0) is 30.1 Å². The van der Waals surface area contributed by atoms with Gasteiger partial charge in [0.05, 0.1) is 25.8 Å². The Morgan fingerprint density at radius 2 is 0.745 bits per heavy atom. The third-order valence-electron chi connectivity index (χ3n) is 9.13. The van der Waals surface area contributed by atoms with E-state index in [0.29, 0.717) is 0 Å². The van der Waals surface area contributed by atoms with Crippen molar-refractivity contribution in [1.29, 1.82) is 10.5 Å². The second-order valence-corrected chi connectivity index (χ2v) is 18.9. The van der Waals surface area contributed by atoms with Crippen LogP contribution in [0.5, 0.6) is 11.5 Å². The van der Waals surface area contributed by atoms with E-state index < -0.39 is 30.1 Å². The Labute approximate surface area is 324 Å². The molecule has 4 aromatic carbocycles. The fourth-order valence-corrected chi connectivity index (χ4v) is 10.4. The van der Waals surface area contributed by atoms with Gasteiger partial charge < -0.3 is 9.47 Å². The van der Waals surface area contributed by atoms with Gasteiger partial charge in [0.15, 0.2) is 11.5 Å². The molecule has 4 aromatic rings. The number of hydrogen-bond donors (Lipinski definition) is 0. The van der Waals surface area contributed by atoms with Crippen molar-refractivity contribution >= 4 is 30.1 Å². The quantitative estimate of drug-likeness (QED) is 0.258. The van der Waals surface area contributed by atoms with Crippen LogP contribution in [0.25, 0.3) is 0 Å². The number of aryl methyl sites for hydroxylation is 3. The van der Waals surface area contributed by atoms with Crippen molar-refractivity contribution in [3.05, 3.63) is 113 Å². The van der Waals surface area contributed by atoms with Crippen LogP contribution in [0.4, 0.5) is 0 Å². The Balaban J connectivity index is 1.53. The molecule has 0 atom stereocenters. The molecule has 0 spiro atoms. The van der Waals surface area contributed by atoms with Crippen LogP contribution in [0, 0.1) is 43.4 Å². The Hall–Kier alpha value is -4.81. The van der Waals surface area contributed by atoms with Gasteiger partial charge in [0, 0.05) is 51.4 Å². The molecule has 0 unspecified atom stereocenters. The molecule has 0 N–H and O–H groups in total. The van der Waals surface area contributed by atoms with Gasteiger partial charge in [0.2, 0.25) is 30.1 Å². The van der Waals surface area contributed by atoms with Gasteiger partial charge in [-0.2, -0.15) is 23.4 Å². The number of sulfonamides is 3. The highest BCUT2D eigenvalue weighted by atomic mass is 32.2. The van der Waals surface area contributed by atoms with Gasteiger partial charge in [-0.05, 0) is 70.0 Å². The highest BCUT2D eigenvalue weighted by Gasteiger charge is 2.30. The molecule has 55 heavy (non-hydrogen) atoms. The van der Waals surface area contributed by atoms with Gasteiger partial charge in [-0.1, -0.05) is 53.1 Å². The van der Waals surface area contributed by atoms with Crippen molar-refractivity contribution in [3.8, 4) is 23.6 Å². The predicted octanol–water partition coefficient (Wildman–Crippen LogP) is 4.98. The first-order valence-corrected chi connectivity index (χ1v) is 21.9. The van der Waals surface area contributed by atoms with Crippen LogP contribution in [0.2, 0.25) is 0 Å². The molecule has 0 fully saturated rings. The average Bonchev–Trinajstić information content (AvgIpc) is 3.16. The fourth-order valence-electron chi connectivity index (χ4n) is 5.97. The smallest absolute Gasteiger partial charge is 0.243 e. The van der Waals surface area contributed by atoms with Crippen molar-refractivity contribution < 1.29 is 34.7 Å². The van der Waals surface area contributed by atoms with Crippen molar-refractivity contribution in [2.75, 3.05) is 52.5 Å². The van der Waals surface area contributed by atoms with Gasteiger partial charge in [0.25, 0.3) is 0 Å². The van der Waals surface area contributed by atoms with E-state index in [2.05, 4.69) is 0 Å². The van der Waals surface area contributed by atoms with Crippen LogP contribution >= 0.6 is 0 Å². The molecule has 0 saturated heterocycles. The molecular weight excluding hydrogens is 763 g/mol. The molecule has 0 aliphatic carbocycles. The standard InChI is InChI=1S/C39H43N5O8S3/c1-30-6-12-35(13-7-30)53(45,46)42-18-4-20-43(54(47,48)36-14-8-31(2)9-15-36)22-24-51-38-26-33(28-40)34(29-41)27-39(38)52-25-23-44(21-5-19-42)55(49,50)37-16-10-32(3)11-17-37/h6-17,26-27H,4-5,18-25H2,1-3H3. The minimum atomic E-state index is -4.08. The van der Waals surface area contributed by atoms with E-state index in [1.165, 1.54) is 61.4 Å². The molecule has 0 amide bonds. The molecule has 0 saturated carbocycles. The molecule has 290 valence electrons. The topological polar surface area (TPSA) is 178 Å². The number of nitrogens with zero attached hydrogens (tertiary/aromatic N) is 5. The maximum atomic E-state index is 14.1. The Bertz CT molecular complexity index is 2260. The highest BCUT2D eigenvalue weighted by molar-refractivity contribution is 7.89. The van der Waals surface area contributed by atoms with E-state index >= 15 is 0 Å². The molecule has 0 radical (unpaired) electrons. The third-order valence-corrected chi connectivity index (χ3v) is 14.9. The summed E-state index contributed by atoms with van der Waals surface area (Å²) in [7, 11) is -12.2. The van der Waals surface area contributed by atoms with E-state index in [1.54, 1.807) is 36.4 Å². The van der Waals surface area contributed by atoms with Crippen molar-refractivity contribution in [3.63, 3.8) is 0 Å². The number of fused-ring (bicyclic) bond motifs is 1. The first-order valence-electron chi connectivity index (χ1n) is 17.6. The Kier molecular flexibility index (Phi) is 13.4. The molecule has 1 aliphatic heterocycles. The lowest BCUT2D eigenvalue weighted by molar-refractivity contribution is 0.237. The minimum absolute atomic E-state index is 0.0123. The summed E-state index contributed by atoms with van der Waals surface area (Å²) in [6.45, 7) is 4.56. The monoisotopic (exact) mass is 805 g/mol. The molecule has 0 bridgehead atoms. The van der Waals surface area contributed by atoms with Crippen LogP contribution in [0.3, 0.4) is 0 Å². The lowest BCUT2D eigenvalue weighted by atomic mass is 10.1. The summed E-state index contributed by atoms with van der Waals surface area (Å²) in [4.78, 5) is 0.166. The summed E-state index contributed by atoms with van der Waals surface area (Å²) < 4.78 is 99.8. The Morgan fingerprint density at radius 1 is 0.473 bits per heavy atom. The lowest BCUT2D eigenvalue weighted by Gasteiger charge is -2.27. The van der Waals surface area contributed by atoms with Gasteiger partial charge >= 0.3 is 0 Å². The minimum Gasteiger partial charge on any atom is -0.488 e. The molecule has 13 nitrogen and oxygen atoms in total. The molecule has 0 aromatic heterocycles. The van der Waals surface area contributed by atoms with Crippen LogP contribution in [-0.4, -0.2) is 90.7 Å². The molecule has 1 heterocycles. The second-order valence-electron chi connectivity index (χ2n) is 13.1.